The van der Waals surface area contributed by atoms with Gasteiger partial charge in [-0.3, -0.25) is 14.3 Å². The number of aliphatic hydroxyl groups excluding tert-OH is 1. The van der Waals surface area contributed by atoms with E-state index in [1.54, 1.807) is 39.8 Å². The summed E-state index contributed by atoms with van der Waals surface area (Å²) >= 11 is 0. The molecule has 3 aliphatic heterocycles. The number of carbonyl (C=O) groups is 2. The molecule has 2 amide bonds. The molecule has 0 radical (unpaired) electrons. The Morgan fingerprint density at radius 1 is 1.31 bits per heavy atom. The summed E-state index contributed by atoms with van der Waals surface area (Å²) < 4.78 is 24.5. The van der Waals surface area contributed by atoms with Gasteiger partial charge in [0, 0.05) is 68.0 Å². The van der Waals surface area contributed by atoms with Gasteiger partial charge in [-0.1, -0.05) is 18.2 Å². The molecule has 2 aromatic rings. The van der Waals surface area contributed by atoms with E-state index in [-0.39, 0.29) is 18.4 Å². The molecular formula is C28H38FN5O4Si. The molecule has 0 saturated carbocycles. The van der Waals surface area contributed by atoms with Gasteiger partial charge in [0.2, 0.25) is 14.3 Å². The molecule has 4 heterocycles. The second kappa shape index (κ2) is 10.6. The number of rotatable bonds is 9. The predicted molar refractivity (Wildman–Crippen MR) is 149 cm³/mol. The van der Waals surface area contributed by atoms with E-state index in [2.05, 4.69) is 16.9 Å². The summed E-state index contributed by atoms with van der Waals surface area (Å²) in [4.78, 5) is 30.4. The number of piperidine rings is 1. The standard InChI is InChI=1S/C28H38FN5O4Si/c1-5-13-34-23-10-9-21(33-14-7-6-8-25(33)36)17-22(23)28(27(34)37)19(2)26(39(3,4)29)24(38-28)11-15-32-18-20(12-16-35)30-31-32/h5,9-10,17-19,24,26,35H,1,6-8,11-16H2,2-4H3/t19-,24+,26-,28+/m0/s1. The SMILES string of the molecule is C=CCN1C(=O)[C@]2(O[C@H](CCn3cc(CCO)nn3)[C@@H]([Si](C)(C)F)[C@@H]2C)c2cc(N3CCCCC3=O)ccc21. The lowest BCUT2D eigenvalue weighted by atomic mass is 9.82. The van der Waals surface area contributed by atoms with Crippen molar-refractivity contribution in [2.75, 3.05) is 29.5 Å². The van der Waals surface area contributed by atoms with Crippen LogP contribution < -0.4 is 9.80 Å². The first-order valence-corrected chi connectivity index (χ1v) is 16.8. The Morgan fingerprint density at radius 3 is 2.79 bits per heavy atom. The summed E-state index contributed by atoms with van der Waals surface area (Å²) in [7, 11) is -3.30. The highest BCUT2D eigenvalue weighted by atomic mass is 28.4. The average Bonchev–Trinajstić information content (AvgIpc) is 3.53. The van der Waals surface area contributed by atoms with Crippen LogP contribution in [-0.4, -0.2) is 66.1 Å². The van der Waals surface area contributed by atoms with Crippen molar-refractivity contribution in [2.45, 2.75) is 75.9 Å². The van der Waals surface area contributed by atoms with Crippen LogP contribution in [0.15, 0.2) is 37.1 Å². The number of ether oxygens (including phenoxy) is 1. The van der Waals surface area contributed by atoms with Gasteiger partial charge in [0.05, 0.1) is 17.5 Å². The molecule has 0 aliphatic carbocycles. The zero-order valence-electron chi connectivity index (χ0n) is 23.0. The second-order valence-corrected chi connectivity index (χ2v) is 15.2. The highest BCUT2D eigenvalue weighted by Gasteiger charge is 2.66. The first-order chi connectivity index (χ1) is 18.6. The van der Waals surface area contributed by atoms with Crippen LogP contribution >= 0.6 is 0 Å². The van der Waals surface area contributed by atoms with E-state index in [0.29, 0.717) is 50.2 Å². The van der Waals surface area contributed by atoms with Crippen molar-refractivity contribution in [1.82, 2.24) is 15.0 Å². The maximum absolute atomic E-state index is 16.0. The summed E-state index contributed by atoms with van der Waals surface area (Å²) in [6.45, 7) is 10.5. The largest absolute Gasteiger partial charge is 0.396 e. The maximum Gasteiger partial charge on any atom is 0.264 e. The first kappa shape index (κ1) is 27.7. The molecule has 210 valence electrons. The van der Waals surface area contributed by atoms with Crippen LogP contribution in [0.5, 0.6) is 0 Å². The molecule has 3 aliphatic rings. The number of hydrogen-bond acceptors (Lipinski definition) is 6. The molecule has 1 aromatic heterocycles. The van der Waals surface area contributed by atoms with Crippen molar-refractivity contribution >= 4 is 31.6 Å². The number of aliphatic hydroxyl groups is 1. The van der Waals surface area contributed by atoms with Crippen molar-refractivity contribution in [2.24, 2.45) is 5.92 Å². The van der Waals surface area contributed by atoms with Gasteiger partial charge in [-0.05, 0) is 50.6 Å². The lowest BCUT2D eigenvalue weighted by Gasteiger charge is -2.32. The van der Waals surface area contributed by atoms with Crippen molar-refractivity contribution in [1.29, 1.82) is 0 Å². The first-order valence-electron chi connectivity index (χ1n) is 13.9. The fourth-order valence-electron chi connectivity index (χ4n) is 6.80. The summed E-state index contributed by atoms with van der Waals surface area (Å²) in [6, 6.07) is 5.69. The Hall–Kier alpha value is -2.89. The zero-order valence-corrected chi connectivity index (χ0v) is 24.0. The Labute approximate surface area is 229 Å². The second-order valence-electron chi connectivity index (χ2n) is 11.4. The number of hydrogen-bond donors (Lipinski definition) is 1. The van der Waals surface area contributed by atoms with Gasteiger partial charge in [0.25, 0.3) is 5.91 Å². The number of aromatic nitrogens is 3. The topological polar surface area (TPSA) is 101 Å². The molecule has 0 unspecified atom stereocenters. The fraction of sp³-hybridized carbons (Fsp3) is 0.571. The quantitative estimate of drug-likeness (QED) is 0.288. The predicted octanol–water partition coefficient (Wildman–Crippen LogP) is 3.73. The molecule has 0 bridgehead atoms. The van der Waals surface area contributed by atoms with Crippen molar-refractivity contribution in [3.63, 3.8) is 0 Å². The van der Waals surface area contributed by atoms with E-state index < -0.39 is 31.6 Å². The van der Waals surface area contributed by atoms with Gasteiger partial charge < -0.3 is 23.8 Å². The molecule has 2 saturated heterocycles. The number of aryl methyl sites for hydroxylation is 1. The van der Waals surface area contributed by atoms with Crippen LogP contribution in [0.3, 0.4) is 0 Å². The van der Waals surface area contributed by atoms with Gasteiger partial charge in [-0.25, -0.2) is 0 Å². The van der Waals surface area contributed by atoms with Crippen LogP contribution in [-0.2, 0) is 32.9 Å². The molecule has 1 N–H and O–H groups in total. The molecule has 11 heteroatoms. The van der Waals surface area contributed by atoms with Gasteiger partial charge in [0.1, 0.15) is 0 Å². The molecular weight excluding hydrogens is 517 g/mol. The molecule has 5 rings (SSSR count). The third kappa shape index (κ3) is 4.74. The van der Waals surface area contributed by atoms with Crippen molar-refractivity contribution < 1.29 is 23.5 Å². The van der Waals surface area contributed by atoms with Gasteiger partial charge >= 0.3 is 0 Å². The van der Waals surface area contributed by atoms with Crippen molar-refractivity contribution in [3.8, 4) is 0 Å². The monoisotopic (exact) mass is 555 g/mol. The number of benzene rings is 1. The smallest absolute Gasteiger partial charge is 0.264 e. The molecule has 39 heavy (non-hydrogen) atoms. The molecule has 1 aromatic carbocycles. The number of nitrogens with zero attached hydrogens (tertiary/aromatic N) is 5. The lowest BCUT2D eigenvalue weighted by Crippen LogP contribution is -2.45. The molecule has 2 fully saturated rings. The van der Waals surface area contributed by atoms with Crippen LogP contribution in [0.2, 0.25) is 18.6 Å². The number of carbonyl (C=O) groups excluding carboxylic acids is 2. The number of amides is 2. The Balaban J connectivity index is 1.53. The third-order valence-electron chi connectivity index (χ3n) is 8.49. The Bertz CT molecular complexity index is 1260. The van der Waals surface area contributed by atoms with E-state index in [1.807, 2.05) is 25.1 Å². The number of halogens is 1. The highest BCUT2D eigenvalue weighted by Crippen LogP contribution is 2.60. The van der Waals surface area contributed by atoms with Crippen LogP contribution in [0.4, 0.5) is 15.5 Å². The molecule has 1 spiro atoms. The van der Waals surface area contributed by atoms with E-state index in [4.69, 9.17) is 4.74 Å². The lowest BCUT2D eigenvalue weighted by molar-refractivity contribution is -0.145. The van der Waals surface area contributed by atoms with Gasteiger partial charge in [-0.2, -0.15) is 0 Å². The van der Waals surface area contributed by atoms with E-state index in [9.17, 15) is 14.7 Å². The van der Waals surface area contributed by atoms with Crippen LogP contribution in [0.1, 0.15) is 43.9 Å². The number of fused-ring (bicyclic) bond motifs is 2. The van der Waals surface area contributed by atoms with Crippen molar-refractivity contribution in [3.05, 3.63) is 48.3 Å². The minimum atomic E-state index is -3.30. The van der Waals surface area contributed by atoms with Gasteiger partial charge in [-0.15, -0.1) is 11.7 Å². The minimum absolute atomic E-state index is 0.0120. The molecule has 4 atom stereocenters. The van der Waals surface area contributed by atoms with Gasteiger partial charge in [0.15, 0.2) is 5.60 Å². The Kier molecular flexibility index (Phi) is 7.51. The highest BCUT2D eigenvalue weighted by molar-refractivity contribution is 6.72. The maximum atomic E-state index is 16.0. The third-order valence-corrected chi connectivity index (χ3v) is 10.9. The molecule has 9 nitrogen and oxygen atoms in total. The normalized spacial score (nSPS) is 27.1. The van der Waals surface area contributed by atoms with Crippen LogP contribution in [0, 0.1) is 5.92 Å². The van der Waals surface area contributed by atoms with Crippen LogP contribution in [0.25, 0.3) is 0 Å². The number of anilines is 2. The summed E-state index contributed by atoms with van der Waals surface area (Å²) in [5.41, 5.74) is 1.09. The Morgan fingerprint density at radius 2 is 2.10 bits per heavy atom. The summed E-state index contributed by atoms with van der Waals surface area (Å²) in [5.74, 6) is -0.545. The fourth-order valence-corrected chi connectivity index (χ4v) is 9.34. The minimum Gasteiger partial charge on any atom is -0.396 e. The van der Waals surface area contributed by atoms with E-state index in [1.165, 1.54) is 0 Å². The summed E-state index contributed by atoms with van der Waals surface area (Å²) in [6.07, 6.45) is 6.15. The average molecular weight is 556 g/mol. The van der Waals surface area contributed by atoms with E-state index in [0.717, 1.165) is 24.2 Å². The summed E-state index contributed by atoms with van der Waals surface area (Å²) in [5, 5.41) is 17.4. The van der Waals surface area contributed by atoms with E-state index >= 15 is 4.11 Å². The zero-order chi connectivity index (χ0) is 27.9.